The zero-order valence-corrected chi connectivity index (χ0v) is 18.6. The molecule has 2 atom stereocenters. The van der Waals surface area contributed by atoms with Crippen molar-refractivity contribution < 1.29 is 54.3 Å². The van der Waals surface area contributed by atoms with Crippen LogP contribution in [-0.2, 0) is 49.2 Å². The molecular formula is C15H32BO3VW-. The van der Waals surface area contributed by atoms with Crippen LogP contribution in [0.1, 0.15) is 39.0 Å². The number of carbonyl (C=O) groups excluding carboxylic acids is 1. The van der Waals surface area contributed by atoms with Crippen LogP contribution in [0.4, 0.5) is 0 Å². The van der Waals surface area contributed by atoms with E-state index < -0.39 is 0 Å². The Labute approximate surface area is 160 Å². The molecule has 1 fully saturated rings. The molecule has 0 heterocycles. The summed E-state index contributed by atoms with van der Waals surface area (Å²) in [7, 11) is 8.45. The van der Waals surface area contributed by atoms with Gasteiger partial charge in [-0.15, -0.1) is 6.42 Å². The molecule has 0 amide bonds. The van der Waals surface area contributed by atoms with Gasteiger partial charge in [0.05, 0.1) is 7.85 Å². The van der Waals surface area contributed by atoms with Crippen LogP contribution in [0.2, 0.25) is 5.82 Å². The Bertz CT molecular complexity index is 178. The molecule has 1 N–H and O–H groups in total. The van der Waals surface area contributed by atoms with Crippen LogP contribution >= 0.6 is 0 Å². The van der Waals surface area contributed by atoms with E-state index in [1.807, 2.05) is 6.92 Å². The van der Waals surface area contributed by atoms with Crippen molar-refractivity contribution in [2.45, 2.75) is 44.8 Å². The Morgan fingerprint density at radius 3 is 2.00 bits per heavy atom. The van der Waals surface area contributed by atoms with Gasteiger partial charge < -0.3 is 36.4 Å². The predicted octanol–water partition coefficient (Wildman–Crippen LogP) is 3.08. The second kappa shape index (κ2) is 29.0. The van der Waals surface area contributed by atoms with Gasteiger partial charge in [0.25, 0.3) is 0 Å². The normalized spacial score (nSPS) is 17.8. The minimum absolute atomic E-state index is 0. The average molecular weight is 506 g/mol. The van der Waals surface area contributed by atoms with E-state index in [1.165, 1.54) is 12.8 Å². The van der Waals surface area contributed by atoms with Gasteiger partial charge in [-0.1, -0.05) is 25.6 Å². The molecule has 1 aliphatic rings. The summed E-state index contributed by atoms with van der Waals surface area (Å²) in [6, 6.07) is 0. The minimum atomic E-state index is 0. The summed E-state index contributed by atoms with van der Waals surface area (Å²) >= 11 is 0. The SMILES string of the molecule is CO.[B]C1CCC(COC)C1.[CH2-]CC(=O)CC.[CH3-].[CH3-].[V].[W+2]. The monoisotopic (exact) mass is 506 g/mol. The first kappa shape index (κ1) is 37.9. The molecule has 3 radical (unpaired) electrons. The van der Waals surface area contributed by atoms with Crippen molar-refractivity contribution in [2.24, 2.45) is 5.92 Å². The molecule has 1 rings (SSSR count). The maximum atomic E-state index is 10.1. The van der Waals surface area contributed by atoms with Gasteiger partial charge in [0.2, 0.25) is 0 Å². The van der Waals surface area contributed by atoms with Gasteiger partial charge in [-0.3, -0.25) is 0 Å². The van der Waals surface area contributed by atoms with E-state index in [9.17, 15) is 4.79 Å². The van der Waals surface area contributed by atoms with Gasteiger partial charge in [0.15, 0.2) is 0 Å². The van der Waals surface area contributed by atoms with Gasteiger partial charge in [-0.2, -0.15) is 0 Å². The summed E-state index contributed by atoms with van der Waals surface area (Å²) in [4.78, 5) is 10.1. The fourth-order valence-corrected chi connectivity index (χ4v) is 1.68. The van der Waals surface area contributed by atoms with Gasteiger partial charge in [-0.25, -0.2) is 0 Å². The van der Waals surface area contributed by atoms with Crippen molar-refractivity contribution in [3.8, 4) is 0 Å². The van der Waals surface area contributed by atoms with Crippen molar-refractivity contribution in [2.75, 3.05) is 20.8 Å². The summed E-state index contributed by atoms with van der Waals surface area (Å²) in [5.41, 5.74) is 0. The van der Waals surface area contributed by atoms with Gasteiger partial charge >= 0.3 is 21.1 Å². The largest absolute Gasteiger partial charge is 2.00 e. The van der Waals surface area contributed by atoms with Crippen molar-refractivity contribution in [3.05, 3.63) is 21.8 Å². The molecule has 2 unspecified atom stereocenters. The molecule has 0 aromatic rings. The molecule has 0 spiro atoms. The van der Waals surface area contributed by atoms with Crippen molar-refractivity contribution in [3.63, 3.8) is 0 Å². The Kier molecular flexibility index (Phi) is 52.3. The quantitative estimate of drug-likeness (QED) is 0.472. The van der Waals surface area contributed by atoms with Gasteiger partial charge in [-0.05, 0) is 12.3 Å². The second-order valence-corrected chi connectivity index (χ2v) is 4.04. The van der Waals surface area contributed by atoms with Crippen LogP contribution in [0.15, 0.2) is 0 Å². The van der Waals surface area contributed by atoms with Crippen molar-refractivity contribution in [1.82, 2.24) is 0 Å². The summed E-state index contributed by atoms with van der Waals surface area (Å²) in [5, 5.41) is 7.00. The van der Waals surface area contributed by atoms with E-state index >= 15 is 0 Å². The maximum absolute atomic E-state index is 10.1. The van der Waals surface area contributed by atoms with Crippen LogP contribution < -0.4 is 0 Å². The molecule has 1 saturated carbocycles. The summed E-state index contributed by atoms with van der Waals surface area (Å²) in [6.45, 7) is 6.14. The zero-order chi connectivity index (χ0) is 13.7. The van der Waals surface area contributed by atoms with E-state index in [4.69, 9.17) is 17.7 Å². The third-order valence-corrected chi connectivity index (χ3v) is 2.66. The molecule has 125 valence electrons. The molecule has 0 aliphatic heterocycles. The standard InChI is InChI=1S/C7H13BO.C5H9O.CH4O.2CH3.V.W/c1-9-5-6-2-3-7(8)4-6;1-3-5(6)4-2;1-2;;;;/h6-7H,2-5H2,1H3;1,3-4H2,2H3;2H,1H3;2*1H3;;/q;-1;;2*-1;;+2. The van der Waals surface area contributed by atoms with E-state index in [-0.39, 0.29) is 60.3 Å². The molecule has 1 aliphatic carbocycles. The molecular weight excluding hydrogens is 474 g/mol. The number of ether oxygens (including phenoxy) is 1. The Hall–Kier alpha value is 0.928. The topological polar surface area (TPSA) is 46.5 Å². The van der Waals surface area contributed by atoms with Gasteiger partial charge in [0.1, 0.15) is 5.78 Å². The Morgan fingerprint density at radius 1 is 1.33 bits per heavy atom. The van der Waals surface area contributed by atoms with E-state index in [0.29, 0.717) is 18.7 Å². The number of rotatable bonds is 4. The molecule has 0 aromatic carbocycles. The molecule has 21 heavy (non-hydrogen) atoms. The van der Waals surface area contributed by atoms with Gasteiger partial charge in [0, 0.05) is 45.8 Å². The van der Waals surface area contributed by atoms with Crippen LogP contribution in [0.3, 0.4) is 0 Å². The third kappa shape index (κ3) is 26.2. The van der Waals surface area contributed by atoms with Crippen molar-refractivity contribution >= 4 is 13.6 Å². The first-order valence-electron chi connectivity index (χ1n) is 6.14. The van der Waals surface area contributed by atoms with E-state index in [1.54, 1.807) is 7.11 Å². The van der Waals surface area contributed by atoms with Crippen LogP contribution in [0, 0.1) is 27.7 Å². The fourth-order valence-electron chi connectivity index (χ4n) is 1.68. The number of Topliss-reactive ketones (excluding diaryl/α,β-unsaturated/α-hetero) is 1. The molecule has 0 aromatic heterocycles. The number of carbonyl (C=O) groups is 1. The van der Waals surface area contributed by atoms with Crippen LogP contribution in [0.5, 0.6) is 0 Å². The smallest absolute Gasteiger partial charge is 0.400 e. The van der Waals surface area contributed by atoms with Crippen LogP contribution in [0.25, 0.3) is 0 Å². The number of hydrogen-bond donors (Lipinski definition) is 1. The molecule has 0 saturated heterocycles. The fraction of sp³-hybridized carbons (Fsp3) is 0.733. The summed E-state index contributed by atoms with van der Waals surface area (Å²) in [5.74, 6) is 1.42. The predicted molar refractivity (Wildman–Crippen MR) is 85.0 cm³/mol. The summed E-state index contributed by atoms with van der Waals surface area (Å²) in [6.07, 6.45) is 4.68. The van der Waals surface area contributed by atoms with E-state index in [2.05, 4.69) is 6.92 Å². The second-order valence-electron chi connectivity index (χ2n) is 4.04. The molecule has 3 nitrogen and oxygen atoms in total. The first-order chi connectivity index (χ1) is 8.13. The average Bonchev–Trinajstić information content (AvgIpc) is 2.78. The number of aliphatic hydroxyl groups excluding tert-OH is 1. The first-order valence-corrected chi connectivity index (χ1v) is 6.14. The maximum Gasteiger partial charge on any atom is 2.00 e. The van der Waals surface area contributed by atoms with E-state index in [0.717, 1.165) is 26.1 Å². The number of aliphatic hydroxyl groups is 1. The van der Waals surface area contributed by atoms with Crippen molar-refractivity contribution in [1.29, 1.82) is 0 Å². The number of methoxy groups -OCH3 is 1. The Morgan fingerprint density at radius 2 is 1.81 bits per heavy atom. The summed E-state index contributed by atoms with van der Waals surface area (Å²) < 4.78 is 5.02. The Balaban J connectivity index is -0.0000000426. The number of hydrogen-bond acceptors (Lipinski definition) is 3. The zero-order valence-electron chi connectivity index (χ0n) is 14.3. The van der Waals surface area contributed by atoms with Crippen LogP contribution in [-0.4, -0.2) is 39.6 Å². The number of ketones is 1. The minimum Gasteiger partial charge on any atom is -0.400 e. The molecule has 0 bridgehead atoms. The third-order valence-electron chi connectivity index (χ3n) is 2.66. The molecule has 6 heteroatoms.